The molecule has 0 unspecified atom stereocenters. The van der Waals surface area contributed by atoms with Gasteiger partial charge in [0.25, 0.3) is 5.91 Å². The zero-order chi connectivity index (χ0) is 15.4. The first-order valence-electron chi connectivity index (χ1n) is 6.45. The van der Waals surface area contributed by atoms with Gasteiger partial charge in [-0.1, -0.05) is 18.2 Å². The largest absolute Gasteiger partial charge is 0.382 e. The molecule has 0 atom stereocenters. The number of nitrogens with two attached hydrogens (primary N) is 1. The van der Waals surface area contributed by atoms with Crippen LogP contribution in [0.25, 0.3) is 11.3 Å². The van der Waals surface area contributed by atoms with Crippen LogP contribution in [0.5, 0.6) is 0 Å². The minimum atomic E-state index is -0.357. The predicted molar refractivity (Wildman–Crippen MR) is 83.4 cm³/mol. The molecule has 0 aliphatic carbocycles. The number of nitrogens with zero attached hydrogens (tertiary/aromatic N) is 3. The Labute approximate surface area is 123 Å². The molecule has 0 bridgehead atoms. The van der Waals surface area contributed by atoms with Crippen LogP contribution in [0.15, 0.2) is 35.5 Å². The van der Waals surface area contributed by atoms with E-state index in [-0.39, 0.29) is 17.4 Å². The van der Waals surface area contributed by atoms with Crippen molar-refractivity contribution in [1.29, 1.82) is 0 Å². The zero-order valence-corrected chi connectivity index (χ0v) is 12.2. The Bertz CT molecular complexity index is 709. The molecule has 1 heterocycles. The van der Waals surface area contributed by atoms with Gasteiger partial charge >= 0.3 is 0 Å². The number of nitrogen functional groups attached to an aromatic ring is 1. The molecule has 108 valence electrons. The topological polar surface area (TPSA) is 93.3 Å². The summed E-state index contributed by atoms with van der Waals surface area (Å²) in [5, 5.41) is 2.50. The Morgan fingerprint density at radius 1 is 1.38 bits per heavy atom. The van der Waals surface area contributed by atoms with Crippen molar-refractivity contribution in [3.05, 3.63) is 41.7 Å². The summed E-state index contributed by atoms with van der Waals surface area (Å²) in [4.78, 5) is 24.2. The third-order valence-corrected chi connectivity index (χ3v) is 3.15. The Morgan fingerprint density at radius 3 is 2.81 bits per heavy atom. The highest BCUT2D eigenvalue weighted by atomic mass is 16.1. The second kappa shape index (κ2) is 6.13. The average molecular weight is 283 g/mol. The van der Waals surface area contributed by atoms with Gasteiger partial charge in [0.05, 0.1) is 11.9 Å². The van der Waals surface area contributed by atoms with E-state index in [0.29, 0.717) is 5.69 Å². The SMILES string of the molecule is CN=C(C)c1cccc(-c2cnc(N)c(C(=O)NC)n2)c1. The molecule has 1 amide bonds. The molecule has 0 fully saturated rings. The number of aliphatic imine (C=N–C) groups is 1. The van der Waals surface area contributed by atoms with E-state index in [1.165, 1.54) is 7.05 Å². The Morgan fingerprint density at radius 2 is 2.14 bits per heavy atom. The van der Waals surface area contributed by atoms with Crippen LogP contribution in [0.2, 0.25) is 0 Å². The normalized spacial score (nSPS) is 11.3. The first kappa shape index (κ1) is 14.6. The van der Waals surface area contributed by atoms with E-state index in [1.807, 2.05) is 31.2 Å². The van der Waals surface area contributed by atoms with Gasteiger partial charge in [-0.15, -0.1) is 0 Å². The lowest BCUT2D eigenvalue weighted by Crippen LogP contribution is -2.21. The highest BCUT2D eigenvalue weighted by Gasteiger charge is 2.13. The molecule has 0 spiro atoms. The molecule has 6 nitrogen and oxygen atoms in total. The second-order valence-corrected chi connectivity index (χ2v) is 4.46. The van der Waals surface area contributed by atoms with Crippen molar-refractivity contribution in [2.75, 3.05) is 19.8 Å². The Kier molecular flexibility index (Phi) is 4.27. The number of anilines is 1. The highest BCUT2D eigenvalue weighted by molar-refractivity contribution is 5.99. The number of benzene rings is 1. The Hall–Kier alpha value is -2.76. The van der Waals surface area contributed by atoms with E-state index in [9.17, 15) is 4.79 Å². The van der Waals surface area contributed by atoms with E-state index in [2.05, 4.69) is 20.3 Å². The summed E-state index contributed by atoms with van der Waals surface area (Å²) in [6, 6.07) is 7.74. The standard InChI is InChI=1S/C15H17N5O/c1-9(17-2)10-5-4-6-11(7-10)12-8-19-14(16)13(20-12)15(21)18-3/h4-8H,1-3H3,(H2,16,19)(H,18,21). The maximum Gasteiger partial charge on any atom is 0.273 e. The fourth-order valence-electron chi connectivity index (χ4n) is 1.86. The fourth-order valence-corrected chi connectivity index (χ4v) is 1.86. The summed E-state index contributed by atoms with van der Waals surface area (Å²) in [7, 11) is 3.27. The van der Waals surface area contributed by atoms with Gasteiger partial charge in [0.2, 0.25) is 0 Å². The molecule has 3 N–H and O–H groups in total. The number of hydrogen-bond acceptors (Lipinski definition) is 5. The van der Waals surface area contributed by atoms with Crippen LogP contribution in [-0.2, 0) is 0 Å². The third kappa shape index (κ3) is 3.05. The van der Waals surface area contributed by atoms with E-state index in [1.54, 1.807) is 13.2 Å². The number of carbonyl (C=O) groups is 1. The van der Waals surface area contributed by atoms with Crippen LogP contribution >= 0.6 is 0 Å². The molecular weight excluding hydrogens is 266 g/mol. The summed E-state index contributed by atoms with van der Waals surface area (Å²) in [5.41, 5.74) is 9.18. The summed E-state index contributed by atoms with van der Waals surface area (Å²) >= 11 is 0. The lowest BCUT2D eigenvalue weighted by molar-refractivity contribution is 0.0959. The molecular formula is C15H17N5O. The quantitative estimate of drug-likeness (QED) is 0.835. The summed E-state index contributed by atoms with van der Waals surface area (Å²) in [5.74, 6) is -0.245. The van der Waals surface area contributed by atoms with Crippen LogP contribution in [0, 0.1) is 0 Å². The lowest BCUT2D eigenvalue weighted by atomic mass is 10.1. The van der Waals surface area contributed by atoms with Crippen molar-refractivity contribution < 1.29 is 4.79 Å². The predicted octanol–water partition coefficient (Wildman–Crippen LogP) is 1.52. The van der Waals surface area contributed by atoms with Gasteiger partial charge < -0.3 is 11.1 Å². The second-order valence-electron chi connectivity index (χ2n) is 4.46. The molecule has 2 aromatic rings. The minimum Gasteiger partial charge on any atom is -0.382 e. The fraction of sp³-hybridized carbons (Fsp3) is 0.200. The first-order valence-corrected chi connectivity index (χ1v) is 6.45. The van der Waals surface area contributed by atoms with Crippen LogP contribution < -0.4 is 11.1 Å². The maximum absolute atomic E-state index is 11.7. The summed E-state index contributed by atoms with van der Waals surface area (Å²) in [6.07, 6.45) is 1.55. The van der Waals surface area contributed by atoms with Crippen LogP contribution in [0.3, 0.4) is 0 Å². The Balaban J connectivity index is 2.50. The van der Waals surface area contributed by atoms with Crippen LogP contribution in [0.4, 0.5) is 5.82 Å². The molecule has 0 saturated carbocycles. The first-order chi connectivity index (χ1) is 10.1. The van der Waals surface area contributed by atoms with Crippen LogP contribution in [0.1, 0.15) is 23.0 Å². The van der Waals surface area contributed by atoms with E-state index in [0.717, 1.165) is 16.8 Å². The lowest BCUT2D eigenvalue weighted by Gasteiger charge is -2.07. The van der Waals surface area contributed by atoms with E-state index >= 15 is 0 Å². The van der Waals surface area contributed by atoms with Gasteiger partial charge in [-0.05, 0) is 18.6 Å². The van der Waals surface area contributed by atoms with Crippen LogP contribution in [-0.4, -0.2) is 35.7 Å². The summed E-state index contributed by atoms with van der Waals surface area (Å²) < 4.78 is 0. The monoisotopic (exact) mass is 283 g/mol. The van der Waals surface area contributed by atoms with E-state index in [4.69, 9.17) is 5.73 Å². The molecule has 1 aromatic heterocycles. The van der Waals surface area contributed by atoms with Crippen molar-refractivity contribution in [1.82, 2.24) is 15.3 Å². The summed E-state index contributed by atoms with van der Waals surface area (Å²) in [6.45, 7) is 1.93. The van der Waals surface area contributed by atoms with E-state index < -0.39 is 0 Å². The van der Waals surface area contributed by atoms with Gasteiger partial charge in [0, 0.05) is 25.4 Å². The molecule has 2 rings (SSSR count). The zero-order valence-electron chi connectivity index (χ0n) is 12.2. The minimum absolute atomic E-state index is 0.112. The highest BCUT2D eigenvalue weighted by Crippen LogP contribution is 2.20. The number of amides is 1. The van der Waals surface area contributed by atoms with Crippen molar-refractivity contribution in [2.24, 2.45) is 4.99 Å². The molecule has 0 aliphatic rings. The number of nitrogens with one attached hydrogen (secondary N) is 1. The average Bonchev–Trinajstić information content (AvgIpc) is 2.54. The molecule has 21 heavy (non-hydrogen) atoms. The molecule has 0 saturated heterocycles. The number of rotatable bonds is 3. The van der Waals surface area contributed by atoms with Crippen molar-refractivity contribution >= 4 is 17.4 Å². The molecule has 1 aromatic carbocycles. The number of carbonyl (C=O) groups excluding carboxylic acids is 1. The van der Waals surface area contributed by atoms with Gasteiger partial charge in [0.1, 0.15) is 0 Å². The van der Waals surface area contributed by atoms with Crippen molar-refractivity contribution in [3.8, 4) is 11.3 Å². The van der Waals surface area contributed by atoms with Gasteiger partial charge in [0.15, 0.2) is 11.5 Å². The van der Waals surface area contributed by atoms with Crippen molar-refractivity contribution in [3.63, 3.8) is 0 Å². The van der Waals surface area contributed by atoms with Gasteiger partial charge in [-0.2, -0.15) is 0 Å². The van der Waals surface area contributed by atoms with Crippen molar-refractivity contribution in [2.45, 2.75) is 6.92 Å². The van der Waals surface area contributed by atoms with Gasteiger partial charge in [-0.25, -0.2) is 9.97 Å². The number of hydrogen-bond donors (Lipinski definition) is 2. The molecule has 0 radical (unpaired) electrons. The maximum atomic E-state index is 11.7. The molecule has 0 aliphatic heterocycles. The van der Waals surface area contributed by atoms with Gasteiger partial charge in [-0.3, -0.25) is 9.79 Å². The smallest absolute Gasteiger partial charge is 0.273 e. The third-order valence-electron chi connectivity index (χ3n) is 3.15. The number of aromatic nitrogens is 2. The molecule has 6 heteroatoms.